The van der Waals surface area contributed by atoms with Crippen LogP contribution in [0.1, 0.15) is 30.4 Å². The average Bonchev–Trinajstić information content (AvgIpc) is 3.34. The number of amides is 3. The quantitative estimate of drug-likeness (QED) is 0.193. The van der Waals surface area contributed by atoms with Crippen molar-refractivity contribution in [3.05, 3.63) is 52.5 Å². The van der Waals surface area contributed by atoms with Crippen LogP contribution in [0.5, 0.6) is 5.75 Å². The molecule has 3 amide bonds. The van der Waals surface area contributed by atoms with Gasteiger partial charge in [0.1, 0.15) is 5.75 Å². The van der Waals surface area contributed by atoms with Gasteiger partial charge < -0.3 is 9.64 Å². The van der Waals surface area contributed by atoms with Crippen LogP contribution in [-0.2, 0) is 19.2 Å². The van der Waals surface area contributed by atoms with E-state index in [0.717, 1.165) is 5.56 Å². The third kappa shape index (κ3) is 4.74. The first kappa shape index (κ1) is 26.4. The van der Waals surface area contributed by atoms with Crippen molar-refractivity contribution in [3.63, 3.8) is 0 Å². The van der Waals surface area contributed by atoms with Crippen molar-refractivity contribution in [2.45, 2.75) is 42.8 Å². The number of nitrogens with zero attached hydrogens (tertiary/aromatic N) is 2. The molecule has 0 radical (unpaired) electrons. The third-order valence-electron chi connectivity index (χ3n) is 7.53. The van der Waals surface area contributed by atoms with E-state index in [2.05, 4.69) is 31.9 Å². The molecule has 10 heteroatoms. The number of carbonyl (C=O) groups is 4. The standard InChI is InChI=1S/C27H25Br2ClN2O5/c1-13-8-16(6-7-22(13)32-25(34)17-10-19(28)20(29)11-18(17)26(32)35)37-27(36)15-9-24(33)31(12-15)23-5-3-4-21(30)14(23)2/h3-8,15,17-20H,9-12H2,1-2H3/t15-,17-,18-,19-,20+/m1/s1. The molecule has 2 aromatic carbocycles. The number of benzene rings is 2. The van der Waals surface area contributed by atoms with Crippen molar-refractivity contribution in [3.8, 4) is 5.75 Å². The number of fused-ring (bicyclic) bond motifs is 1. The normalized spacial score (nSPS) is 27.6. The number of anilines is 2. The zero-order valence-electron chi connectivity index (χ0n) is 20.2. The van der Waals surface area contributed by atoms with Crippen molar-refractivity contribution in [1.82, 2.24) is 0 Å². The smallest absolute Gasteiger partial charge is 0.316 e. The van der Waals surface area contributed by atoms with Crippen LogP contribution in [0.3, 0.4) is 0 Å². The molecule has 0 spiro atoms. The Bertz CT molecular complexity index is 1290. The number of alkyl halides is 2. The van der Waals surface area contributed by atoms with Crippen LogP contribution >= 0.6 is 43.5 Å². The molecule has 2 aliphatic heterocycles. The maximum atomic E-state index is 13.2. The molecule has 2 saturated heterocycles. The van der Waals surface area contributed by atoms with E-state index in [9.17, 15) is 19.2 Å². The summed E-state index contributed by atoms with van der Waals surface area (Å²) in [6.45, 7) is 3.82. The maximum Gasteiger partial charge on any atom is 0.316 e. The Hall–Kier alpha value is -2.23. The van der Waals surface area contributed by atoms with Gasteiger partial charge in [-0.25, -0.2) is 4.90 Å². The highest BCUT2D eigenvalue weighted by molar-refractivity contribution is 9.12. The summed E-state index contributed by atoms with van der Waals surface area (Å²) in [6.07, 6.45) is 1.25. The van der Waals surface area contributed by atoms with Crippen molar-refractivity contribution in [2.24, 2.45) is 17.8 Å². The van der Waals surface area contributed by atoms with Gasteiger partial charge in [0.15, 0.2) is 0 Å². The summed E-state index contributed by atoms with van der Waals surface area (Å²) >= 11 is 13.4. The van der Waals surface area contributed by atoms with Crippen molar-refractivity contribution in [2.75, 3.05) is 16.3 Å². The lowest BCUT2D eigenvalue weighted by molar-refractivity contribution is -0.139. The van der Waals surface area contributed by atoms with Crippen molar-refractivity contribution < 1.29 is 23.9 Å². The molecule has 0 unspecified atom stereocenters. The highest BCUT2D eigenvalue weighted by Crippen LogP contribution is 2.45. The maximum absolute atomic E-state index is 13.2. The molecule has 0 aromatic heterocycles. The SMILES string of the molecule is Cc1cc(OC(=O)[C@@H]2CC(=O)N(c3cccc(Cl)c3C)C2)ccc1N1C(=O)[C@@H]2C[C@@H](Br)[C@@H](Br)C[C@H]2C1=O. The van der Waals surface area contributed by atoms with Crippen molar-refractivity contribution in [1.29, 1.82) is 0 Å². The minimum Gasteiger partial charge on any atom is -0.426 e. The van der Waals surface area contributed by atoms with Gasteiger partial charge >= 0.3 is 5.97 Å². The number of hydrogen-bond donors (Lipinski definition) is 0. The molecule has 2 aromatic rings. The second kappa shape index (κ2) is 10.2. The third-order valence-corrected chi connectivity index (χ3v) is 10.7. The second-order valence-corrected chi connectivity index (χ2v) is 12.6. The average molecular weight is 653 g/mol. The van der Waals surface area contributed by atoms with Gasteiger partial charge in [0.25, 0.3) is 0 Å². The Kier molecular flexibility index (Phi) is 7.24. The lowest BCUT2D eigenvalue weighted by Crippen LogP contribution is -2.34. The summed E-state index contributed by atoms with van der Waals surface area (Å²) < 4.78 is 5.62. The Morgan fingerprint density at radius 1 is 0.973 bits per heavy atom. The summed E-state index contributed by atoms with van der Waals surface area (Å²) in [7, 11) is 0. The Morgan fingerprint density at radius 3 is 2.24 bits per heavy atom. The fourth-order valence-electron chi connectivity index (χ4n) is 5.46. The van der Waals surface area contributed by atoms with Gasteiger partial charge in [-0.15, -0.1) is 0 Å². The van der Waals surface area contributed by atoms with E-state index < -0.39 is 11.9 Å². The van der Waals surface area contributed by atoms with Crippen LogP contribution in [0.15, 0.2) is 36.4 Å². The lowest BCUT2D eigenvalue weighted by atomic mass is 9.81. The Labute approximate surface area is 236 Å². The van der Waals surface area contributed by atoms with Crippen LogP contribution < -0.4 is 14.5 Å². The molecule has 0 N–H and O–H groups in total. The summed E-state index contributed by atoms with van der Waals surface area (Å²) in [4.78, 5) is 55.0. The van der Waals surface area contributed by atoms with E-state index in [1.54, 1.807) is 42.2 Å². The molecular weight excluding hydrogens is 628 g/mol. The molecule has 194 valence electrons. The fourth-order valence-corrected chi connectivity index (χ4v) is 6.87. The number of carbonyl (C=O) groups excluding carboxylic acids is 4. The van der Waals surface area contributed by atoms with Crippen LogP contribution in [0, 0.1) is 31.6 Å². The number of hydrogen-bond acceptors (Lipinski definition) is 5. The molecule has 3 aliphatic rings. The molecule has 2 heterocycles. The summed E-state index contributed by atoms with van der Waals surface area (Å²) in [5.41, 5.74) is 2.61. The number of rotatable bonds is 4. The molecule has 5 rings (SSSR count). The van der Waals surface area contributed by atoms with Crippen LogP contribution in [0.4, 0.5) is 11.4 Å². The van der Waals surface area contributed by atoms with E-state index >= 15 is 0 Å². The molecule has 1 saturated carbocycles. The number of halogens is 3. The summed E-state index contributed by atoms with van der Waals surface area (Å²) in [5.74, 6) is -2.04. The predicted octanol–water partition coefficient (Wildman–Crippen LogP) is 5.34. The summed E-state index contributed by atoms with van der Waals surface area (Å²) in [5, 5.41) is 0.556. The first-order chi connectivity index (χ1) is 17.6. The van der Waals surface area contributed by atoms with E-state index in [1.165, 1.54) is 4.90 Å². The minimum atomic E-state index is -0.620. The number of imide groups is 1. The van der Waals surface area contributed by atoms with Crippen LogP contribution in [0.2, 0.25) is 5.02 Å². The fraction of sp³-hybridized carbons (Fsp3) is 0.407. The van der Waals surface area contributed by atoms with Crippen molar-refractivity contribution >= 4 is 78.5 Å². The zero-order chi connectivity index (χ0) is 26.6. The van der Waals surface area contributed by atoms with E-state index in [-0.39, 0.29) is 52.2 Å². The van der Waals surface area contributed by atoms with Gasteiger partial charge in [0.2, 0.25) is 17.7 Å². The highest BCUT2D eigenvalue weighted by atomic mass is 79.9. The molecule has 7 nitrogen and oxygen atoms in total. The molecule has 0 bridgehead atoms. The Balaban J connectivity index is 1.29. The largest absolute Gasteiger partial charge is 0.426 e. The zero-order valence-corrected chi connectivity index (χ0v) is 24.2. The van der Waals surface area contributed by atoms with Crippen LogP contribution in [0.25, 0.3) is 0 Å². The Morgan fingerprint density at radius 2 is 1.62 bits per heavy atom. The molecule has 37 heavy (non-hydrogen) atoms. The molecular formula is C27H25Br2ClN2O5. The van der Waals surface area contributed by atoms with E-state index in [0.29, 0.717) is 40.6 Å². The van der Waals surface area contributed by atoms with Gasteiger partial charge in [-0.3, -0.25) is 19.2 Å². The van der Waals surface area contributed by atoms with Gasteiger partial charge in [0.05, 0.1) is 23.4 Å². The monoisotopic (exact) mass is 650 g/mol. The van der Waals surface area contributed by atoms with E-state index in [1.807, 2.05) is 13.0 Å². The topological polar surface area (TPSA) is 84.0 Å². The van der Waals surface area contributed by atoms with E-state index in [4.69, 9.17) is 16.3 Å². The molecule has 1 aliphatic carbocycles. The highest BCUT2D eigenvalue weighted by Gasteiger charge is 2.52. The number of esters is 1. The van der Waals surface area contributed by atoms with Gasteiger partial charge in [0, 0.05) is 33.3 Å². The van der Waals surface area contributed by atoms with Gasteiger partial charge in [-0.1, -0.05) is 49.5 Å². The van der Waals surface area contributed by atoms with Gasteiger partial charge in [-0.2, -0.15) is 0 Å². The first-order valence-electron chi connectivity index (χ1n) is 12.1. The second-order valence-electron chi connectivity index (χ2n) is 9.89. The number of aryl methyl sites for hydroxylation is 1. The first-order valence-corrected chi connectivity index (χ1v) is 14.3. The number of ether oxygens (including phenoxy) is 1. The molecule has 5 atom stereocenters. The predicted molar refractivity (Wildman–Crippen MR) is 148 cm³/mol. The molecule has 3 fully saturated rings. The van der Waals surface area contributed by atoms with Crippen LogP contribution in [-0.4, -0.2) is 39.9 Å². The summed E-state index contributed by atoms with van der Waals surface area (Å²) in [6, 6.07) is 10.2. The van der Waals surface area contributed by atoms with Gasteiger partial charge in [-0.05, 0) is 68.1 Å². The lowest BCUT2D eigenvalue weighted by Gasteiger charge is -2.29. The minimum absolute atomic E-state index is 0.0462.